The number of nitrogens with zero attached hydrogens (tertiary/aromatic N) is 3. The summed E-state index contributed by atoms with van der Waals surface area (Å²) >= 11 is 0. The Hall–Kier alpha value is -3.36. The number of benzene rings is 2. The summed E-state index contributed by atoms with van der Waals surface area (Å²) in [5, 5.41) is 12.3. The maximum absolute atomic E-state index is 10.5. The van der Waals surface area contributed by atoms with E-state index in [0.717, 1.165) is 35.1 Å². The molecule has 5 rings (SSSR count). The quantitative estimate of drug-likeness (QED) is 0.400. The highest BCUT2D eigenvalue weighted by atomic mass is 16.5. The van der Waals surface area contributed by atoms with Crippen LogP contribution in [-0.4, -0.2) is 64.4 Å². The van der Waals surface area contributed by atoms with Crippen LogP contribution in [-0.2, 0) is 0 Å². The van der Waals surface area contributed by atoms with E-state index in [9.17, 15) is 5.11 Å². The Bertz CT molecular complexity index is 1280. The molecule has 1 fully saturated rings. The van der Waals surface area contributed by atoms with Crippen molar-refractivity contribution in [1.29, 1.82) is 0 Å². The van der Waals surface area contributed by atoms with Gasteiger partial charge >= 0.3 is 6.01 Å². The molecule has 1 aliphatic heterocycles. The zero-order valence-electron chi connectivity index (χ0n) is 19.6. The predicted molar refractivity (Wildman–Crippen MR) is 131 cm³/mol. The summed E-state index contributed by atoms with van der Waals surface area (Å²) in [6, 6.07) is 11.8. The summed E-state index contributed by atoms with van der Waals surface area (Å²) in [7, 11) is 1.59. The topological polar surface area (TPSA) is 92.7 Å². The van der Waals surface area contributed by atoms with Crippen molar-refractivity contribution in [2.75, 3.05) is 33.4 Å². The van der Waals surface area contributed by atoms with Crippen molar-refractivity contribution in [2.45, 2.75) is 32.3 Å². The first-order valence-electron chi connectivity index (χ1n) is 11.7. The van der Waals surface area contributed by atoms with E-state index in [1.165, 1.54) is 19.3 Å². The third-order valence-electron chi connectivity index (χ3n) is 6.13. The Balaban J connectivity index is 1.31. The van der Waals surface area contributed by atoms with Crippen molar-refractivity contribution >= 4 is 21.8 Å². The average molecular weight is 463 g/mol. The van der Waals surface area contributed by atoms with Crippen LogP contribution < -0.4 is 14.2 Å². The molecule has 34 heavy (non-hydrogen) atoms. The first-order chi connectivity index (χ1) is 16.6. The molecule has 0 radical (unpaired) electrons. The van der Waals surface area contributed by atoms with Crippen LogP contribution in [0, 0.1) is 6.92 Å². The lowest BCUT2D eigenvalue weighted by Crippen LogP contribution is -2.38. The van der Waals surface area contributed by atoms with Gasteiger partial charge in [-0.05, 0) is 63.2 Å². The highest BCUT2D eigenvalue weighted by molar-refractivity contribution is 5.83. The van der Waals surface area contributed by atoms with Crippen LogP contribution in [0.4, 0.5) is 0 Å². The lowest BCUT2D eigenvalue weighted by molar-refractivity contribution is 0.0609. The highest BCUT2D eigenvalue weighted by Crippen LogP contribution is 2.33. The fourth-order valence-corrected chi connectivity index (χ4v) is 4.45. The number of H-pyrrole nitrogens is 1. The fourth-order valence-electron chi connectivity index (χ4n) is 4.45. The number of ether oxygens (including phenoxy) is 3. The van der Waals surface area contributed by atoms with Crippen molar-refractivity contribution in [3.63, 3.8) is 0 Å². The molecule has 1 aliphatic rings. The van der Waals surface area contributed by atoms with E-state index in [2.05, 4.69) is 25.9 Å². The number of methoxy groups -OCH3 is 1. The van der Waals surface area contributed by atoms with Gasteiger partial charge < -0.3 is 29.2 Å². The predicted octanol–water partition coefficient (Wildman–Crippen LogP) is 4.45. The summed E-state index contributed by atoms with van der Waals surface area (Å²) in [4.78, 5) is 14.5. The second-order valence-corrected chi connectivity index (χ2v) is 8.84. The van der Waals surface area contributed by atoms with Gasteiger partial charge in [0, 0.05) is 40.8 Å². The molecule has 1 atom stereocenters. The lowest BCUT2D eigenvalue weighted by Gasteiger charge is -2.28. The molecule has 3 heterocycles. The Kier molecular flexibility index (Phi) is 6.51. The van der Waals surface area contributed by atoms with Gasteiger partial charge in [0.05, 0.1) is 12.6 Å². The molecule has 0 aliphatic carbocycles. The first-order valence-corrected chi connectivity index (χ1v) is 11.7. The molecule has 0 unspecified atom stereocenters. The number of aliphatic hydroxyl groups excluding tert-OH is 1. The van der Waals surface area contributed by atoms with E-state index in [-0.39, 0.29) is 12.6 Å². The number of nitrogens with one attached hydrogen (secondary N) is 1. The number of aromatic amines is 1. The first kappa shape index (κ1) is 22.4. The van der Waals surface area contributed by atoms with Gasteiger partial charge in [-0.25, -0.2) is 4.98 Å². The minimum absolute atomic E-state index is 0.183. The number of piperidine rings is 1. The lowest BCUT2D eigenvalue weighted by atomic mass is 10.1. The van der Waals surface area contributed by atoms with Crippen molar-refractivity contribution in [3.05, 3.63) is 48.3 Å². The van der Waals surface area contributed by atoms with Gasteiger partial charge in [0.25, 0.3) is 0 Å². The number of fused-ring (bicyclic) bond motifs is 2. The van der Waals surface area contributed by atoms with Gasteiger partial charge in [0.15, 0.2) is 11.5 Å². The minimum atomic E-state index is -0.574. The van der Waals surface area contributed by atoms with Crippen LogP contribution >= 0.6 is 0 Å². The average Bonchev–Trinajstić information content (AvgIpc) is 3.22. The number of hydrogen-bond acceptors (Lipinski definition) is 7. The van der Waals surface area contributed by atoms with Crippen LogP contribution in [0.1, 0.15) is 25.0 Å². The van der Waals surface area contributed by atoms with E-state index in [0.29, 0.717) is 29.3 Å². The number of likely N-dealkylation sites (tertiary alicyclic amines) is 1. The molecule has 8 nitrogen and oxygen atoms in total. The van der Waals surface area contributed by atoms with E-state index < -0.39 is 6.10 Å². The zero-order valence-corrected chi connectivity index (χ0v) is 19.6. The largest absolute Gasteiger partial charge is 0.493 e. The van der Waals surface area contributed by atoms with Gasteiger partial charge in [-0.1, -0.05) is 6.42 Å². The monoisotopic (exact) mass is 462 g/mol. The molecular formula is C26H30N4O4. The number of aromatic nitrogens is 3. The Morgan fingerprint density at radius 3 is 2.74 bits per heavy atom. The van der Waals surface area contributed by atoms with Gasteiger partial charge in [0.2, 0.25) is 0 Å². The second-order valence-electron chi connectivity index (χ2n) is 8.84. The summed E-state index contributed by atoms with van der Waals surface area (Å²) < 4.78 is 17.4. The van der Waals surface area contributed by atoms with Gasteiger partial charge in [0.1, 0.15) is 18.5 Å². The van der Waals surface area contributed by atoms with Gasteiger partial charge in [-0.2, -0.15) is 4.98 Å². The summed E-state index contributed by atoms with van der Waals surface area (Å²) in [6.07, 6.45) is 4.78. The smallest absolute Gasteiger partial charge is 0.322 e. The fraction of sp³-hybridized carbons (Fsp3) is 0.385. The van der Waals surface area contributed by atoms with Gasteiger partial charge in [-0.3, -0.25) is 0 Å². The molecule has 178 valence electrons. The molecule has 0 amide bonds. The van der Waals surface area contributed by atoms with E-state index in [1.54, 1.807) is 19.4 Å². The standard InChI is InChI=1S/C26H30N4O4/c1-17-10-18-11-21(6-7-22(18)28-17)34-26-27-14-19-12-24(32-2)25(13-23(19)29-26)33-16-20(31)15-30-8-4-3-5-9-30/h6-7,10-14,20,28,31H,3-5,8-9,15-16H2,1-2H3/t20-/m1/s1. The van der Waals surface area contributed by atoms with Crippen molar-refractivity contribution < 1.29 is 19.3 Å². The van der Waals surface area contributed by atoms with Crippen molar-refractivity contribution in [1.82, 2.24) is 19.9 Å². The Morgan fingerprint density at radius 1 is 1.06 bits per heavy atom. The number of hydrogen-bond donors (Lipinski definition) is 2. The zero-order chi connectivity index (χ0) is 23.5. The molecule has 8 heteroatoms. The van der Waals surface area contributed by atoms with Crippen LogP contribution in [0.2, 0.25) is 0 Å². The van der Waals surface area contributed by atoms with E-state index in [4.69, 9.17) is 14.2 Å². The number of β-amino-alcohol motifs (C(OH)–C–C–N with tert-alkyl or cyclic N) is 1. The molecular weight excluding hydrogens is 432 g/mol. The minimum Gasteiger partial charge on any atom is -0.493 e. The molecule has 0 spiro atoms. The molecule has 0 bridgehead atoms. The summed E-state index contributed by atoms with van der Waals surface area (Å²) in [5.74, 6) is 1.77. The maximum Gasteiger partial charge on any atom is 0.322 e. The number of aryl methyl sites for hydroxylation is 1. The third kappa shape index (κ3) is 5.08. The molecule has 2 N–H and O–H groups in total. The van der Waals surface area contributed by atoms with Gasteiger partial charge in [-0.15, -0.1) is 0 Å². The Labute approximate surface area is 198 Å². The third-order valence-corrected chi connectivity index (χ3v) is 6.13. The molecule has 0 saturated carbocycles. The normalized spacial score (nSPS) is 15.5. The molecule has 2 aromatic heterocycles. The van der Waals surface area contributed by atoms with E-state index >= 15 is 0 Å². The van der Waals surface area contributed by atoms with Crippen molar-refractivity contribution in [2.24, 2.45) is 0 Å². The Morgan fingerprint density at radius 2 is 1.91 bits per heavy atom. The number of rotatable bonds is 8. The molecule has 1 saturated heterocycles. The van der Waals surface area contributed by atoms with Crippen LogP contribution in [0.15, 0.2) is 42.6 Å². The highest BCUT2D eigenvalue weighted by Gasteiger charge is 2.17. The van der Waals surface area contributed by atoms with Crippen LogP contribution in [0.25, 0.3) is 21.8 Å². The molecule has 4 aromatic rings. The molecule has 2 aromatic carbocycles. The summed E-state index contributed by atoms with van der Waals surface area (Å²) in [6.45, 7) is 4.89. The summed E-state index contributed by atoms with van der Waals surface area (Å²) in [5.41, 5.74) is 2.82. The SMILES string of the molecule is COc1cc2cnc(Oc3ccc4[nH]c(C)cc4c3)nc2cc1OC[C@H](O)CN1CCCCC1. The maximum atomic E-state index is 10.5. The van der Waals surface area contributed by atoms with Crippen LogP contribution in [0.3, 0.4) is 0 Å². The van der Waals surface area contributed by atoms with Crippen LogP contribution in [0.5, 0.6) is 23.3 Å². The van der Waals surface area contributed by atoms with E-state index in [1.807, 2.05) is 31.2 Å². The second kappa shape index (κ2) is 9.87. The number of aliphatic hydroxyl groups is 1. The van der Waals surface area contributed by atoms with Crippen molar-refractivity contribution in [3.8, 4) is 23.3 Å².